The van der Waals surface area contributed by atoms with E-state index in [1.807, 2.05) is 26.8 Å². The molecule has 2 aromatic carbocycles. The number of nitrogens with one attached hydrogen (secondary N) is 1. The van der Waals surface area contributed by atoms with E-state index in [0.717, 1.165) is 40.9 Å². The fourth-order valence-corrected chi connectivity index (χ4v) is 4.09. The van der Waals surface area contributed by atoms with Gasteiger partial charge in [-0.25, -0.2) is 0 Å². The highest BCUT2D eigenvalue weighted by molar-refractivity contribution is 5.85. The summed E-state index contributed by atoms with van der Waals surface area (Å²) in [6.07, 6.45) is 0.254. The number of nitrogens with zero attached hydrogens (tertiary/aromatic N) is 1. The van der Waals surface area contributed by atoms with Crippen LogP contribution in [0.2, 0.25) is 0 Å². The van der Waals surface area contributed by atoms with Crippen LogP contribution in [0.3, 0.4) is 0 Å². The molecule has 1 aromatic heterocycles. The molecular weight excluding hydrogens is 348 g/mol. The lowest BCUT2D eigenvalue weighted by molar-refractivity contribution is -0.0642. The topological polar surface area (TPSA) is 54.4 Å². The van der Waals surface area contributed by atoms with Crippen LogP contribution in [0, 0.1) is 13.8 Å². The van der Waals surface area contributed by atoms with Crippen LogP contribution < -0.4 is 10.1 Å². The maximum absolute atomic E-state index is 11.0. The molecule has 4 rings (SSSR count). The molecule has 146 valence electrons. The largest absolute Gasteiger partial charge is 0.485 e. The van der Waals surface area contributed by atoms with Crippen molar-refractivity contribution in [1.29, 1.82) is 0 Å². The average molecular weight is 377 g/mol. The molecule has 0 fully saturated rings. The molecule has 0 amide bonds. The first-order valence-corrected chi connectivity index (χ1v) is 9.91. The summed E-state index contributed by atoms with van der Waals surface area (Å²) in [5.41, 5.74) is 4.72. The van der Waals surface area contributed by atoms with E-state index in [1.54, 1.807) is 0 Å². The second kappa shape index (κ2) is 7.19. The fourth-order valence-electron chi connectivity index (χ4n) is 4.09. The number of ether oxygens (including phenoxy) is 1. The number of rotatable bonds is 4. The molecular formula is C24H28N2O2. The van der Waals surface area contributed by atoms with Crippen molar-refractivity contribution in [2.24, 2.45) is 0 Å². The van der Waals surface area contributed by atoms with Crippen LogP contribution in [0.1, 0.15) is 42.3 Å². The van der Waals surface area contributed by atoms with Crippen molar-refractivity contribution in [3.8, 4) is 5.75 Å². The van der Waals surface area contributed by atoms with Gasteiger partial charge in [-0.1, -0.05) is 30.3 Å². The summed E-state index contributed by atoms with van der Waals surface area (Å²) in [5, 5.41) is 15.7. The number of hydrogen-bond donors (Lipinski definition) is 2. The van der Waals surface area contributed by atoms with Crippen molar-refractivity contribution in [3.63, 3.8) is 0 Å². The van der Waals surface area contributed by atoms with Gasteiger partial charge in [-0.3, -0.25) is 4.98 Å². The van der Waals surface area contributed by atoms with Crippen LogP contribution in [0.25, 0.3) is 10.9 Å². The number of benzene rings is 2. The van der Waals surface area contributed by atoms with E-state index >= 15 is 0 Å². The van der Waals surface area contributed by atoms with Crippen molar-refractivity contribution in [2.75, 3.05) is 6.54 Å². The average Bonchev–Trinajstić information content (AvgIpc) is 2.65. The van der Waals surface area contributed by atoms with Crippen LogP contribution in [-0.2, 0) is 6.42 Å². The van der Waals surface area contributed by atoms with Gasteiger partial charge < -0.3 is 15.2 Å². The van der Waals surface area contributed by atoms with Crippen molar-refractivity contribution in [1.82, 2.24) is 10.3 Å². The van der Waals surface area contributed by atoms with E-state index in [4.69, 9.17) is 9.72 Å². The molecule has 1 aliphatic rings. The first kappa shape index (κ1) is 18.9. The minimum absolute atomic E-state index is 0.200. The lowest BCUT2D eigenvalue weighted by Gasteiger charge is -2.42. The molecule has 3 aromatic rings. The van der Waals surface area contributed by atoms with Crippen molar-refractivity contribution < 1.29 is 9.84 Å². The third kappa shape index (κ3) is 3.50. The van der Waals surface area contributed by atoms with Gasteiger partial charge in [0.2, 0.25) is 0 Å². The zero-order chi connectivity index (χ0) is 19.9. The summed E-state index contributed by atoms with van der Waals surface area (Å²) in [5.74, 6) is 0.828. The number of aromatic nitrogens is 1. The maximum atomic E-state index is 11.0. The highest BCUT2D eigenvalue weighted by atomic mass is 16.5. The van der Waals surface area contributed by atoms with E-state index in [-0.39, 0.29) is 6.04 Å². The Morgan fingerprint density at radius 3 is 2.61 bits per heavy atom. The number of aliphatic hydroxyl groups excluding tert-OH is 1. The Labute approximate surface area is 166 Å². The van der Waals surface area contributed by atoms with Crippen LogP contribution >= 0.6 is 0 Å². The summed E-state index contributed by atoms with van der Waals surface area (Å²) in [7, 11) is 0. The number of hydrogen-bond acceptors (Lipinski definition) is 4. The molecule has 28 heavy (non-hydrogen) atoms. The first-order valence-electron chi connectivity index (χ1n) is 9.91. The van der Waals surface area contributed by atoms with Crippen LogP contribution in [0.15, 0.2) is 48.5 Å². The molecule has 0 saturated heterocycles. The summed E-state index contributed by atoms with van der Waals surface area (Å²) < 4.78 is 6.20. The standard InChI is InChI=1S/C24H28N2O2/c1-15-12-16(2)26-20-13-19-21(14-18(15)20)28-24(3,4)23(27)22(19)25-11-10-17-8-6-5-7-9-17/h5-9,12-14,22-23,25,27H,10-11H2,1-4H3/t22-,23+/m1/s1. The Hall–Kier alpha value is -2.43. The molecule has 2 N–H and O–H groups in total. The minimum atomic E-state index is -0.670. The van der Waals surface area contributed by atoms with E-state index in [0.29, 0.717) is 0 Å². The number of fused-ring (bicyclic) bond motifs is 2. The molecule has 0 unspecified atom stereocenters. The Morgan fingerprint density at radius 2 is 1.86 bits per heavy atom. The molecule has 2 heterocycles. The number of aliphatic hydroxyl groups is 1. The van der Waals surface area contributed by atoms with E-state index < -0.39 is 11.7 Å². The third-order valence-corrected chi connectivity index (χ3v) is 5.63. The van der Waals surface area contributed by atoms with E-state index in [1.165, 1.54) is 11.1 Å². The van der Waals surface area contributed by atoms with E-state index in [2.05, 4.69) is 54.7 Å². The lowest BCUT2D eigenvalue weighted by atomic mass is 9.85. The molecule has 0 aliphatic carbocycles. The molecule has 0 saturated carbocycles. The smallest absolute Gasteiger partial charge is 0.131 e. The summed E-state index contributed by atoms with van der Waals surface area (Å²) in [6.45, 7) is 8.77. The second-order valence-electron chi connectivity index (χ2n) is 8.31. The van der Waals surface area contributed by atoms with Gasteiger partial charge in [0.05, 0.1) is 11.6 Å². The van der Waals surface area contributed by atoms with Gasteiger partial charge in [-0.2, -0.15) is 0 Å². The number of aryl methyl sites for hydroxylation is 2. The van der Waals surface area contributed by atoms with Crippen LogP contribution in [0.5, 0.6) is 5.75 Å². The SMILES string of the molecule is Cc1cc(C)c2cc3c(cc2n1)[C@@H](NCCc1ccccc1)[C@H](O)C(C)(C)O3. The van der Waals surface area contributed by atoms with Gasteiger partial charge in [0.15, 0.2) is 0 Å². The van der Waals surface area contributed by atoms with Crippen molar-refractivity contribution in [3.05, 3.63) is 70.9 Å². The predicted molar refractivity (Wildman–Crippen MR) is 113 cm³/mol. The predicted octanol–water partition coefficient (Wildman–Crippen LogP) is 4.26. The highest BCUT2D eigenvalue weighted by Crippen LogP contribution is 2.42. The molecule has 2 atom stereocenters. The Morgan fingerprint density at radius 1 is 1.11 bits per heavy atom. The zero-order valence-corrected chi connectivity index (χ0v) is 17.0. The maximum Gasteiger partial charge on any atom is 0.131 e. The molecule has 1 aliphatic heterocycles. The van der Waals surface area contributed by atoms with Crippen LogP contribution in [0.4, 0.5) is 0 Å². The Balaban J connectivity index is 1.68. The second-order valence-corrected chi connectivity index (χ2v) is 8.31. The minimum Gasteiger partial charge on any atom is -0.485 e. The lowest BCUT2D eigenvalue weighted by Crippen LogP contribution is -2.52. The third-order valence-electron chi connectivity index (χ3n) is 5.63. The monoisotopic (exact) mass is 376 g/mol. The van der Waals surface area contributed by atoms with Gasteiger partial charge in [0.25, 0.3) is 0 Å². The Kier molecular flexibility index (Phi) is 4.86. The van der Waals surface area contributed by atoms with Crippen LogP contribution in [-0.4, -0.2) is 28.3 Å². The van der Waals surface area contributed by atoms with Crippen molar-refractivity contribution >= 4 is 10.9 Å². The number of pyridine rings is 1. The molecule has 0 spiro atoms. The molecule has 0 radical (unpaired) electrons. The summed E-state index contributed by atoms with van der Waals surface area (Å²) in [4.78, 5) is 4.70. The van der Waals surface area contributed by atoms with Gasteiger partial charge in [0, 0.05) is 16.6 Å². The zero-order valence-electron chi connectivity index (χ0n) is 17.0. The molecule has 4 nitrogen and oxygen atoms in total. The summed E-state index contributed by atoms with van der Waals surface area (Å²) in [6, 6.07) is 16.4. The van der Waals surface area contributed by atoms with Gasteiger partial charge >= 0.3 is 0 Å². The molecule has 4 heteroatoms. The van der Waals surface area contributed by atoms with Crippen molar-refractivity contribution in [2.45, 2.75) is 51.9 Å². The van der Waals surface area contributed by atoms with Gasteiger partial charge in [-0.15, -0.1) is 0 Å². The first-order chi connectivity index (χ1) is 13.3. The summed E-state index contributed by atoms with van der Waals surface area (Å²) >= 11 is 0. The fraction of sp³-hybridized carbons (Fsp3) is 0.375. The quantitative estimate of drug-likeness (QED) is 0.714. The normalized spacial score (nSPS) is 20.6. The Bertz CT molecular complexity index is 998. The van der Waals surface area contributed by atoms with Gasteiger partial charge in [0.1, 0.15) is 17.5 Å². The van der Waals surface area contributed by atoms with Gasteiger partial charge in [-0.05, 0) is 70.0 Å². The molecule has 0 bridgehead atoms. The van der Waals surface area contributed by atoms with E-state index in [9.17, 15) is 5.11 Å². The highest BCUT2D eigenvalue weighted by Gasteiger charge is 2.42.